The molecule has 0 heterocycles. The molecule has 0 unspecified atom stereocenters. The molecule has 5 heteroatoms. The van der Waals surface area contributed by atoms with E-state index in [2.05, 4.69) is 0 Å². The number of aldehydes is 1. The number of hydrogen-bond acceptors (Lipinski definition) is 4. The molecule has 68 valence electrons. The van der Waals surface area contributed by atoms with Gasteiger partial charge in [-0.25, -0.2) is 0 Å². The highest BCUT2D eigenvalue weighted by Crippen LogP contribution is 2.21. The smallest absolute Gasteiger partial charge is 0.216 e. The van der Waals surface area contributed by atoms with Gasteiger partial charge in [-0.1, -0.05) is 0 Å². The molecule has 0 N–H and O–H groups in total. The fraction of sp³-hybridized carbons (Fsp3) is 0.714. The number of hydrogen-bond donors (Lipinski definition) is 0. The van der Waals surface area contributed by atoms with Crippen LogP contribution in [0.25, 0.3) is 0 Å². The average molecular weight is 173 g/mol. The molecule has 0 aliphatic heterocycles. The zero-order valence-electron chi connectivity index (χ0n) is 7.07. The van der Waals surface area contributed by atoms with Crippen LogP contribution in [0.4, 0.5) is 0 Å². The number of nitrogens with zero attached hydrogens (tertiary/aromatic N) is 1. The molecule has 5 nitrogen and oxygen atoms in total. The van der Waals surface area contributed by atoms with E-state index >= 15 is 0 Å². The van der Waals surface area contributed by atoms with Crippen molar-refractivity contribution in [2.45, 2.75) is 20.3 Å². The Kier molecular flexibility index (Phi) is 3.53. The second-order valence-corrected chi connectivity index (χ2v) is 2.98. The lowest BCUT2D eigenvalue weighted by atomic mass is 9.83. The molecule has 0 fully saturated rings. The van der Waals surface area contributed by atoms with Gasteiger partial charge in [0.25, 0.3) is 0 Å². The summed E-state index contributed by atoms with van der Waals surface area (Å²) in [7, 11) is 0. The van der Waals surface area contributed by atoms with Crippen LogP contribution in [-0.2, 0) is 9.59 Å². The van der Waals surface area contributed by atoms with Crippen molar-refractivity contribution in [1.29, 1.82) is 0 Å². The van der Waals surface area contributed by atoms with Gasteiger partial charge < -0.3 is 4.79 Å². The minimum absolute atomic E-state index is 0.0939. The summed E-state index contributed by atoms with van der Waals surface area (Å²) in [5.41, 5.74) is -1.13. The summed E-state index contributed by atoms with van der Waals surface area (Å²) in [6.07, 6.45) is 0.439. The third-order valence-corrected chi connectivity index (χ3v) is 1.86. The fourth-order valence-corrected chi connectivity index (χ4v) is 0.788. The first-order valence-electron chi connectivity index (χ1n) is 3.49. The van der Waals surface area contributed by atoms with Crippen LogP contribution in [0.3, 0.4) is 0 Å². The Bertz CT molecular complexity index is 213. The topological polar surface area (TPSA) is 77.3 Å². The molecule has 12 heavy (non-hydrogen) atoms. The highest BCUT2D eigenvalue weighted by atomic mass is 16.6. The summed E-state index contributed by atoms with van der Waals surface area (Å²) >= 11 is 0. The maximum absolute atomic E-state index is 10.9. The molecule has 0 aromatic rings. The van der Waals surface area contributed by atoms with E-state index in [4.69, 9.17) is 0 Å². The largest absolute Gasteiger partial charge is 0.303 e. The predicted octanol–water partition coefficient (Wildman–Crippen LogP) is 0.447. The zero-order valence-corrected chi connectivity index (χ0v) is 7.07. The molecule has 0 aromatic carbocycles. The van der Waals surface area contributed by atoms with Crippen molar-refractivity contribution in [3.05, 3.63) is 10.1 Å². The Hall–Kier alpha value is -1.26. The summed E-state index contributed by atoms with van der Waals surface area (Å²) in [5.74, 6) is -0.327. The molecule has 0 saturated carbocycles. The number of carbonyl (C=O) groups excluding carboxylic acids is 2. The van der Waals surface area contributed by atoms with Crippen LogP contribution in [0.5, 0.6) is 0 Å². The van der Waals surface area contributed by atoms with E-state index in [-0.39, 0.29) is 12.2 Å². The Labute approximate surface area is 69.9 Å². The Morgan fingerprint density at radius 2 is 2.17 bits per heavy atom. The van der Waals surface area contributed by atoms with E-state index in [0.717, 1.165) is 0 Å². The van der Waals surface area contributed by atoms with E-state index in [9.17, 15) is 19.7 Å². The molecular weight excluding hydrogens is 162 g/mol. The van der Waals surface area contributed by atoms with Crippen LogP contribution in [0.15, 0.2) is 0 Å². The average Bonchev–Trinajstić information content (AvgIpc) is 1.85. The minimum Gasteiger partial charge on any atom is -0.303 e. The first-order chi connectivity index (χ1) is 5.42. The number of ketones is 1. The normalized spacial score (nSPS) is 14.8. The quantitative estimate of drug-likeness (QED) is 0.343. The van der Waals surface area contributed by atoms with E-state index in [1.54, 1.807) is 0 Å². The Morgan fingerprint density at radius 3 is 2.42 bits per heavy atom. The van der Waals surface area contributed by atoms with Crippen molar-refractivity contribution in [3.8, 4) is 0 Å². The molecule has 0 radical (unpaired) electrons. The third-order valence-electron chi connectivity index (χ3n) is 1.86. The molecular formula is C7H11NO4. The zero-order chi connectivity index (χ0) is 9.78. The van der Waals surface area contributed by atoms with Crippen molar-refractivity contribution < 1.29 is 14.5 Å². The molecule has 0 amide bonds. The maximum atomic E-state index is 10.9. The van der Waals surface area contributed by atoms with E-state index in [0.29, 0.717) is 6.29 Å². The first kappa shape index (κ1) is 10.7. The van der Waals surface area contributed by atoms with Crippen LogP contribution >= 0.6 is 0 Å². The number of nitro groups is 1. The van der Waals surface area contributed by atoms with Gasteiger partial charge in [-0.05, 0) is 13.8 Å². The maximum Gasteiger partial charge on any atom is 0.216 e. The summed E-state index contributed by atoms with van der Waals surface area (Å²) in [6, 6.07) is 0. The van der Waals surface area contributed by atoms with Crippen LogP contribution < -0.4 is 0 Å². The van der Waals surface area contributed by atoms with Gasteiger partial charge in [0.1, 0.15) is 12.1 Å². The van der Waals surface area contributed by atoms with Gasteiger partial charge in [-0.15, -0.1) is 0 Å². The summed E-state index contributed by atoms with van der Waals surface area (Å²) in [4.78, 5) is 30.6. The number of carbonyl (C=O) groups is 2. The number of Topliss-reactive ketones (excluding diaryl/α,β-unsaturated/α-hetero) is 1. The summed E-state index contributed by atoms with van der Waals surface area (Å²) in [6.45, 7) is 2.20. The molecule has 0 aliphatic carbocycles. The highest BCUT2D eigenvalue weighted by Gasteiger charge is 2.35. The fourth-order valence-electron chi connectivity index (χ4n) is 0.788. The predicted molar refractivity (Wildman–Crippen MR) is 41.3 cm³/mol. The highest BCUT2D eigenvalue weighted by molar-refractivity contribution is 5.84. The molecule has 0 aromatic heterocycles. The van der Waals surface area contributed by atoms with Gasteiger partial charge in [-0.3, -0.25) is 14.9 Å². The SMILES string of the molecule is CC(=O)[C@](C)(CC=O)C[N+](=O)[O-]. The second kappa shape index (κ2) is 3.94. The van der Waals surface area contributed by atoms with Crippen LogP contribution in [-0.4, -0.2) is 23.5 Å². The van der Waals surface area contributed by atoms with Gasteiger partial charge >= 0.3 is 0 Å². The van der Waals surface area contributed by atoms with Crippen molar-refractivity contribution in [2.75, 3.05) is 6.54 Å². The summed E-state index contributed by atoms with van der Waals surface area (Å²) < 4.78 is 0. The molecule has 0 bridgehead atoms. The lowest BCUT2D eigenvalue weighted by molar-refractivity contribution is -0.492. The molecule has 1 atom stereocenters. The molecule has 0 saturated heterocycles. The third kappa shape index (κ3) is 2.77. The Morgan fingerprint density at radius 1 is 1.67 bits per heavy atom. The standard InChI is InChI=1S/C7H11NO4/c1-6(10)7(2,3-4-9)5-8(11)12/h4H,3,5H2,1-2H3/t7-/m1/s1. The first-order valence-corrected chi connectivity index (χ1v) is 3.49. The minimum atomic E-state index is -1.13. The van der Waals surface area contributed by atoms with Crippen LogP contribution in [0.2, 0.25) is 0 Å². The monoisotopic (exact) mass is 173 g/mol. The van der Waals surface area contributed by atoms with Crippen molar-refractivity contribution >= 4 is 12.1 Å². The van der Waals surface area contributed by atoms with Crippen molar-refractivity contribution in [2.24, 2.45) is 5.41 Å². The van der Waals surface area contributed by atoms with E-state index < -0.39 is 16.9 Å². The van der Waals surface area contributed by atoms with Gasteiger partial charge in [0.05, 0.1) is 5.41 Å². The number of rotatable bonds is 5. The molecule has 0 aliphatic rings. The summed E-state index contributed by atoms with van der Waals surface area (Å²) in [5, 5.41) is 10.1. The van der Waals surface area contributed by atoms with Crippen LogP contribution in [0, 0.1) is 15.5 Å². The molecule has 0 spiro atoms. The van der Waals surface area contributed by atoms with Gasteiger partial charge in [0.15, 0.2) is 0 Å². The second-order valence-electron chi connectivity index (χ2n) is 2.98. The van der Waals surface area contributed by atoms with Gasteiger partial charge in [-0.2, -0.15) is 0 Å². The Balaban J connectivity index is 4.49. The van der Waals surface area contributed by atoms with E-state index in [1.165, 1.54) is 13.8 Å². The van der Waals surface area contributed by atoms with Crippen molar-refractivity contribution in [1.82, 2.24) is 0 Å². The van der Waals surface area contributed by atoms with Gasteiger partial charge in [0.2, 0.25) is 6.54 Å². The van der Waals surface area contributed by atoms with Crippen LogP contribution in [0.1, 0.15) is 20.3 Å². The van der Waals surface area contributed by atoms with E-state index in [1.807, 2.05) is 0 Å². The van der Waals surface area contributed by atoms with Crippen molar-refractivity contribution in [3.63, 3.8) is 0 Å². The lowest BCUT2D eigenvalue weighted by Gasteiger charge is -2.18. The lowest BCUT2D eigenvalue weighted by Crippen LogP contribution is -2.33. The molecule has 0 rings (SSSR count). The van der Waals surface area contributed by atoms with Gasteiger partial charge in [0, 0.05) is 11.3 Å².